The molecule has 4 N–H and O–H groups in total. The molecule has 35 heavy (non-hydrogen) atoms. The third-order valence-electron chi connectivity index (χ3n) is 5.27. The number of nitrogens with one attached hydrogen (secondary N) is 2. The number of ether oxygens (including phenoxy) is 3. The van der Waals surface area contributed by atoms with Gasteiger partial charge in [0, 0.05) is 29.2 Å². The first kappa shape index (κ1) is 27.0. The Kier molecular flexibility index (Phi) is 10.8. The molecule has 10 heteroatoms. The van der Waals surface area contributed by atoms with E-state index in [0.29, 0.717) is 23.6 Å². The quantitative estimate of drug-likeness (QED) is 0.272. The predicted molar refractivity (Wildman–Crippen MR) is 133 cm³/mol. The molecule has 1 saturated heterocycles. The number of aliphatic hydroxyl groups excluding tert-OH is 2. The van der Waals surface area contributed by atoms with E-state index in [9.17, 15) is 14.7 Å². The van der Waals surface area contributed by atoms with Gasteiger partial charge >= 0.3 is 12.0 Å². The van der Waals surface area contributed by atoms with Crippen molar-refractivity contribution >= 4 is 29.4 Å². The summed E-state index contributed by atoms with van der Waals surface area (Å²) in [5.41, 5.74) is 3.08. The summed E-state index contributed by atoms with van der Waals surface area (Å²) >= 11 is 1.62. The number of urea groups is 1. The van der Waals surface area contributed by atoms with Crippen LogP contribution in [0.1, 0.15) is 42.4 Å². The number of carbonyl (C=O) groups excluding carboxylic acids is 2. The number of benzene rings is 2. The highest BCUT2D eigenvalue weighted by Gasteiger charge is 2.32. The third kappa shape index (κ3) is 8.52. The minimum Gasteiger partial charge on any atom is -0.465 e. The van der Waals surface area contributed by atoms with Crippen LogP contribution in [0.2, 0.25) is 0 Å². The number of esters is 1. The molecule has 9 nitrogen and oxygen atoms in total. The minimum atomic E-state index is -0.657. The van der Waals surface area contributed by atoms with Gasteiger partial charge in [-0.15, -0.1) is 0 Å². The van der Waals surface area contributed by atoms with Crippen LogP contribution in [0, 0.1) is 0 Å². The van der Waals surface area contributed by atoms with Gasteiger partial charge in [0.1, 0.15) is 6.54 Å². The van der Waals surface area contributed by atoms with Crippen LogP contribution in [-0.2, 0) is 25.6 Å². The van der Waals surface area contributed by atoms with Gasteiger partial charge in [-0.25, -0.2) is 4.79 Å². The van der Waals surface area contributed by atoms with Crippen LogP contribution in [0.15, 0.2) is 48.5 Å². The van der Waals surface area contributed by atoms with Crippen molar-refractivity contribution in [2.45, 2.75) is 38.4 Å². The Bertz CT molecular complexity index is 957. The molecule has 1 aliphatic heterocycles. The minimum absolute atomic E-state index is 0.0227. The normalized spacial score (nSPS) is 19.7. The summed E-state index contributed by atoms with van der Waals surface area (Å²) in [5, 5.41) is 23.6. The molecule has 190 valence electrons. The maximum Gasteiger partial charge on any atom is 0.325 e. The number of anilines is 1. The smallest absolute Gasteiger partial charge is 0.325 e. The van der Waals surface area contributed by atoms with Gasteiger partial charge in [-0.05, 0) is 30.2 Å². The Morgan fingerprint density at radius 1 is 1.11 bits per heavy atom. The summed E-state index contributed by atoms with van der Waals surface area (Å²) in [7, 11) is 0. The first-order valence-corrected chi connectivity index (χ1v) is 12.7. The van der Waals surface area contributed by atoms with E-state index in [1.54, 1.807) is 36.9 Å². The molecule has 3 rings (SSSR count). The van der Waals surface area contributed by atoms with Crippen molar-refractivity contribution in [2.75, 3.05) is 36.6 Å². The largest absolute Gasteiger partial charge is 0.465 e. The molecule has 0 spiro atoms. The van der Waals surface area contributed by atoms with Gasteiger partial charge < -0.3 is 35.1 Å². The van der Waals surface area contributed by atoms with E-state index in [1.165, 1.54) is 0 Å². The van der Waals surface area contributed by atoms with Crippen LogP contribution in [0.4, 0.5) is 10.5 Å². The Balaban J connectivity index is 1.70. The molecule has 2 aromatic carbocycles. The van der Waals surface area contributed by atoms with Gasteiger partial charge in [0.05, 0.1) is 32.0 Å². The van der Waals surface area contributed by atoms with Crippen molar-refractivity contribution in [3.8, 4) is 0 Å². The molecule has 0 radical (unpaired) electrons. The summed E-state index contributed by atoms with van der Waals surface area (Å²) in [6.07, 6.45) is -0.319. The van der Waals surface area contributed by atoms with E-state index in [4.69, 9.17) is 19.3 Å². The van der Waals surface area contributed by atoms with Crippen LogP contribution < -0.4 is 10.6 Å². The Morgan fingerprint density at radius 2 is 1.91 bits per heavy atom. The topological polar surface area (TPSA) is 126 Å². The van der Waals surface area contributed by atoms with Crippen molar-refractivity contribution in [3.05, 3.63) is 65.2 Å². The zero-order valence-electron chi connectivity index (χ0n) is 19.6. The summed E-state index contributed by atoms with van der Waals surface area (Å²) in [6, 6.07) is 14.3. The molecule has 0 bridgehead atoms. The molecular formula is C25H32N2O7S. The van der Waals surface area contributed by atoms with Crippen molar-refractivity contribution < 1.29 is 34.0 Å². The first-order valence-electron chi connectivity index (χ1n) is 11.5. The maximum absolute atomic E-state index is 12.2. The standard InChI is InChI=1S/C25H32N2O7S/c1-2-32-23(30)14-26-25(31)27-20-5-3-4-19(12-20)24-33-21(16-35-11-10-28)13-22(34-24)18-8-6-17(15-29)7-9-18/h3-9,12,21-22,24,28-29H,2,10-11,13-16H2,1H3,(H2,26,27,31)/t21-,22+,24+/m1/s1. The average molecular weight is 505 g/mol. The molecule has 3 atom stereocenters. The van der Waals surface area contributed by atoms with Gasteiger partial charge in [0.25, 0.3) is 0 Å². The molecule has 1 heterocycles. The molecule has 2 aromatic rings. The number of thioether (sulfide) groups is 1. The predicted octanol–water partition coefficient (Wildman–Crippen LogP) is 3.13. The van der Waals surface area contributed by atoms with Gasteiger partial charge in [-0.2, -0.15) is 11.8 Å². The fourth-order valence-corrected chi connectivity index (χ4v) is 4.38. The second-order valence-corrected chi connectivity index (χ2v) is 9.04. The summed E-state index contributed by atoms with van der Waals surface area (Å²) in [4.78, 5) is 23.6. The van der Waals surface area contributed by atoms with Gasteiger partial charge in [0.2, 0.25) is 0 Å². The van der Waals surface area contributed by atoms with E-state index in [-0.39, 0.29) is 38.6 Å². The molecule has 1 fully saturated rings. The lowest BCUT2D eigenvalue weighted by Crippen LogP contribution is -2.34. The Hall–Kier alpha value is -2.63. The summed E-state index contributed by atoms with van der Waals surface area (Å²) in [6.45, 7) is 1.81. The van der Waals surface area contributed by atoms with Crippen molar-refractivity contribution in [1.29, 1.82) is 0 Å². The third-order valence-corrected chi connectivity index (χ3v) is 6.35. The lowest BCUT2D eigenvalue weighted by atomic mass is 10.0. The highest BCUT2D eigenvalue weighted by molar-refractivity contribution is 7.99. The second kappa shape index (κ2) is 14.1. The van der Waals surface area contributed by atoms with Crippen molar-refractivity contribution in [1.82, 2.24) is 5.32 Å². The van der Waals surface area contributed by atoms with Crippen LogP contribution >= 0.6 is 11.8 Å². The average Bonchev–Trinajstić information content (AvgIpc) is 2.88. The van der Waals surface area contributed by atoms with E-state index in [1.807, 2.05) is 30.3 Å². The molecule has 0 aromatic heterocycles. The Labute approximate surface area is 209 Å². The van der Waals surface area contributed by atoms with Crippen LogP contribution in [0.5, 0.6) is 0 Å². The highest BCUT2D eigenvalue weighted by atomic mass is 32.2. The van der Waals surface area contributed by atoms with E-state index in [0.717, 1.165) is 16.7 Å². The molecule has 2 amide bonds. The van der Waals surface area contributed by atoms with Crippen molar-refractivity contribution in [2.24, 2.45) is 0 Å². The number of hydrogen-bond acceptors (Lipinski definition) is 8. The van der Waals surface area contributed by atoms with Gasteiger partial charge in [0.15, 0.2) is 6.29 Å². The van der Waals surface area contributed by atoms with E-state index in [2.05, 4.69) is 10.6 Å². The number of hydrogen-bond donors (Lipinski definition) is 4. The molecule has 0 unspecified atom stereocenters. The van der Waals surface area contributed by atoms with Gasteiger partial charge in [-0.1, -0.05) is 36.4 Å². The summed E-state index contributed by atoms with van der Waals surface area (Å²) in [5.74, 6) is 0.824. The van der Waals surface area contributed by atoms with E-state index < -0.39 is 18.3 Å². The molecule has 0 saturated carbocycles. The lowest BCUT2D eigenvalue weighted by Gasteiger charge is -2.36. The van der Waals surface area contributed by atoms with Crippen LogP contribution in [-0.4, -0.2) is 59.6 Å². The van der Waals surface area contributed by atoms with Gasteiger partial charge in [-0.3, -0.25) is 4.79 Å². The molecule has 0 aliphatic carbocycles. The lowest BCUT2D eigenvalue weighted by molar-refractivity contribution is -0.245. The first-order chi connectivity index (χ1) is 17.0. The van der Waals surface area contributed by atoms with Crippen molar-refractivity contribution in [3.63, 3.8) is 0 Å². The zero-order chi connectivity index (χ0) is 25.0. The Morgan fingerprint density at radius 3 is 2.63 bits per heavy atom. The second-order valence-electron chi connectivity index (χ2n) is 7.89. The number of carbonyl (C=O) groups is 2. The number of amides is 2. The summed E-state index contributed by atoms with van der Waals surface area (Å²) < 4.78 is 17.3. The molecule has 1 aliphatic rings. The number of rotatable bonds is 11. The van der Waals surface area contributed by atoms with Crippen LogP contribution in [0.3, 0.4) is 0 Å². The number of aliphatic hydroxyl groups is 2. The fraction of sp³-hybridized carbons (Fsp3) is 0.440. The van der Waals surface area contributed by atoms with E-state index >= 15 is 0 Å². The SMILES string of the molecule is CCOC(=O)CNC(=O)Nc1cccc([C@H]2O[C@@H](CSCCO)C[C@@H](c3ccc(CO)cc3)O2)c1. The highest BCUT2D eigenvalue weighted by Crippen LogP contribution is 2.39. The fourth-order valence-electron chi connectivity index (χ4n) is 3.60. The zero-order valence-corrected chi connectivity index (χ0v) is 20.5. The van der Waals surface area contributed by atoms with Crippen LogP contribution in [0.25, 0.3) is 0 Å². The molecular weight excluding hydrogens is 472 g/mol. The monoisotopic (exact) mass is 504 g/mol. The maximum atomic E-state index is 12.2.